The summed E-state index contributed by atoms with van der Waals surface area (Å²) in [6.45, 7) is 0. The molecule has 8 heteroatoms. The molecule has 0 amide bonds. The number of anilines is 2. The van der Waals surface area contributed by atoms with Crippen molar-refractivity contribution in [3.05, 3.63) is 77.9 Å². The maximum Gasteiger partial charge on any atom is 0.240 e. The molecule has 0 saturated heterocycles. The van der Waals surface area contributed by atoms with Gasteiger partial charge in [0.25, 0.3) is 0 Å². The first-order valence-corrected chi connectivity index (χ1v) is 10.3. The van der Waals surface area contributed by atoms with Gasteiger partial charge in [0.1, 0.15) is 5.82 Å². The van der Waals surface area contributed by atoms with Gasteiger partial charge in [0, 0.05) is 5.69 Å². The standard InChI is InChI=1S/C19H13FN2O3S2/c20-13-8-10-15(11-9-13)27(23,24)19-18(21-14-5-2-1-3-6-14)25-17(22-19)16-7-4-12-26-16/h1-12,21H. The summed E-state index contributed by atoms with van der Waals surface area (Å²) < 4.78 is 45.0. The molecule has 0 bridgehead atoms. The van der Waals surface area contributed by atoms with Crippen LogP contribution in [0.25, 0.3) is 10.8 Å². The van der Waals surface area contributed by atoms with Gasteiger partial charge in [0.15, 0.2) is 0 Å². The van der Waals surface area contributed by atoms with E-state index < -0.39 is 15.7 Å². The molecule has 4 aromatic rings. The zero-order valence-corrected chi connectivity index (χ0v) is 15.4. The van der Waals surface area contributed by atoms with Gasteiger partial charge in [-0.15, -0.1) is 11.3 Å². The molecule has 2 aromatic carbocycles. The molecule has 0 spiro atoms. The van der Waals surface area contributed by atoms with Crippen LogP contribution in [-0.2, 0) is 9.84 Å². The Labute approximate surface area is 159 Å². The molecule has 4 rings (SSSR count). The zero-order valence-electron chi connectivity index (χ0n) is 13.8. The highest BCUT2D eigenvalue weighted by atomic mass is 32.2. The number of sulfone groups is 1. The second-order valence-electron chi connectivity index (χ2n) is 5.58. The molecule has 0 unspecified atom stereocenters. The maximum absolute atomic E-state index is 13.2. The topological polar surface area (TPSA) is 72.2 Å². The van der Waals surface area contributed by atoms with Gasteiger partial charge in [-0.3, -0.25) is 0 Å². The van der Waals surface area contributed by atoms with Crippen LogP contribution in [0.4, 0.5) is 16.0 Å². The van der Waals surface area contributed by atoms with E-state index in [1.807, 2.05) is 29.6 Å². The van der Waals surface area contributed by atoms with E-state index in [0.29, 0.717) is 10.6 Å². The SMILES string of the molecule is O=S(=O)(c1ccc(F)cc1)c1nc(-c2cccs2)oc1Nc1ccccc1. The molecule has 0 aliphatic carbocycles. The van der Waals surface area contributed by atoms with Crippen LogP contribution < -0.4 is 5.32 Å². The molecular formula is C19H13FN2O3S2. The van der Waals surface area contributed by atoms with E-state index in [1.54, 1.807) is 18.2 Å². The highest BCUT2D eigenvalue weighted by Crippen LogP contribution is 2.35. The molecule has 2 aromatic heterocycles. The van der Waals surface area contributed by atoms with Crippen molar-refractivity contribution >= 4 is 32.7 Å². The van der Waals surface area contributed by atoms with Gasteiger partial charge in [-0.25, -0.2) is 12.8 Å². The number of nitrogens with one attached hydrogen (secondary N) is 1. The van der Waals surface area contributed by atoms with Crippen LogP contribution in [0, 0.1) is 5.82 Å². The minimum Gasteiger partial charge on any atom is -0.418 e. The van der Waals surface area contributed by atoms with Crippen molar-refractivity contribution in [1.29, 1.82) is 0 Å². The number of aromatic nitrogens is 1. The van der Waals surface area contributed by atoms with Gasteiger partial charge >= 0.3 is 0 Å². The number of hydrogen-bond acceptors (Lipinski definition) is 6. The maximum atomic E-state index is 13.2. The van der Waals surface area contributed by atoms with E-state index in [0.717, 1.165) is 12.1 Å². The predicted molar refractivity (Wildman–Crippen MR) is 101 cm³/mol. The van der Waals surface area contributed by atoms with Gasteiger partial charge in [-0.1, -0.05) is 24.3 Å². The molecule has 2 heterocycles. The Balaban J connectivity index is 1.83. The fourth-order valence-corrected chi connectivity index (χ4v) is 4.36. The minimum atomic E-state index is -4.01. The molecule has 1 N–H and O–H groups in total. The number of hydrogen-bond donors (Lipinski definition) is 1. The first-order valence-electron chi connectivity index (χ1n) is 7.91. The fourth-order valence-electron chi connectivity index (χ4n) is 2.45. The molecule has 0 fully saturated rings. The van der Waals surface area contributed by atoms with Crippen molar-refractivity contribution in [3.63, 3.8) is 0 Å². The lowest BCUT2D eigenvalue weighted by Gasteiger charge is -2.06. The van der Waals surface area contributed by atoms with Crippen molar-refractivity contribution in [2.45, 2.75) is 9.92 Å². The summed E-state index contributed by atoms with van der Waals surface area (Å²) in [5, 5.41) is 4.56. The van der Waals surface area contributed by atoms with E-state index in [1.165, 1.54) is 23.5 Å². The van der Waals surface area contributed by atoms with E-state index in [9.17, 15) is 12.8 Å². The summed E-state index contributed by atoms with van der Waals surface area (Å²) in [5.74, 6) is -0.311. The molecular weight excluding hydrogens is 387 g/mol. The Morgan fingerprint density at radius 3 is 2.37 bits per heavy atom. The van der Waals surface area contributed by atoms with Gasteiger partial charge in [-0.2, -0.15) is 4.98 Å². The summed E-state index contributed by atoms with van der Waals surface area (Å²) in [4.78, 5) is 4.86. The van der Waals surface area contributed by atoms with E-state index >= 15 is 0 Å². The highest BCUT2D eigenvalue weighted by Gasteiger charge is 2.29. The van der Waals surface area contributed by atoms with E-state index in [4.69, 9.17) is 4.42 Å². The summed E-state index contributed by atoms with van der Waals surface area (Å²) in [6, 6.07) is 17.2. The Hall–Kier alpha value is -2.97. The Morgan fingerprint density at radius 1 is 0.963 bits per heavy atom. The van der Waals surface area contributed by atoms with E-state index in [2.05, 4.69) is 10.3 Å². The third kappa shape index (κ3) is 3.49. The summed E-state index contributed by atoms with van der Waals surface area (Å²) in [5.41, 5.74) is 0.655. The Kier molecular flexibility index (Phi) is 4.51. The average Bonchev–Trinajstić information content (AvgIpc) is 3.33. The number of nitrogens with zero attached hydrogens (tertiary/aromatic N) is 1. The quantitative estimate of drug-likeness (QED) is 0.471. The van der Waals surface area contributed by atoms with Crippen LogP contribution >= 0.6 is 11.3 Å². The lowest BCUT2D eigenvalue weighted by Crippen LogP contribution is -2.05. The smallest absolute Gasteiger partial charge is 0.240 e. The van der Waals surface area contributed by atoms with Crippen LogP contribution in [0.3, 0.4) is 0 Å². The van der Waals surface area contributed by atoms with Gasteiger partial charge in [0.2, 0.25) is 26.6 Å². The summed E-state index contributed by atoms with van der Waals surface area (Å²) >= 11 is 1.38. The molecule has 136 valence electrons. The number of rotatable bonds is 5. The Bertz CT molecular complexity index is 1150. The first kappa shape index (κ1) is 17.4. The van der Waals surface area contributed by atoms with Crippen LogP contribution in [0.15, 0.2) is 86.4 Å². The van der Waals surface area contributed by atoms with Gasteiger partial charge in [-0.05, 0) is 47.8 Å². The molecule has 0 aliphatic heterocycles. The lowest BCUT2D eigenvalue weighted by molar-refractivity contribution is 0.582. The summed E-state index contributed by atoms with van der Waals surface area (Å²) in [7, 11) is -4.01. The number of halogens is 1. The van der Waals surface area contributed by atoms with Crippen molar-refractivity contribution in [1.82, 2.24) is 4.98 Å². The number of oxazole rings is 1. The first-order chi connectivity index (χ1) is 13.0. The van der Waals surface area contributed by atoms with Crippen molar-refractivity contribution < 1.29 is 17.2 Å². The van der Waals surface area contributed by atoms with Crippen molar-refractivity contribution in [2.24, 2.45) is 0 Å². The number of benzene rings is 2. The monoisotopic (exact) mass is 400 g/mol. The van der Waals surface area contributed by atoms with Gasteiger partial charge in [0.05, 0.1) is 9.77 Å². The van der Waals surface area contributed by atoms with Crippen LogP contribution in [0.2, 0.25) is 0 Å². The van der Waals surface area contributed by atoms with Gasteiger partial charge < -0.3 is 9.73 Å². The predicted octanol–water partition coefficient (Wildman–Crippen LogP) is 5.12. The second kappa shape index (κ2) is 6.98. The third-order valence-corrected chi connectivity index (χ3v) is 6.27. The molecule has 0 saturated carbocycles. The normalized spacial score (nSPS) is 11.4. The third-order valence-electron chi connectivity index (χ3n) is 3.74. The van der Waals surface area contributed by atoms with Crippen LogP contribution in [0.5, 0.6) is 0 Å². The molecule has 0 aliphatic rings. The Morgan fingerprint density at radius 2 is 1.70 bits per heavy atom. The number of para-hydroxylation sites is 1. The average molecular weight is 400 g/mol. The zero-order chi connectivity index (χ0) is 18.9. The molecule has 0 radical (unpaired) electrons. The van der Waals surface area contributed by atoms with E-state index in [-0.39, 0.29) is 21.7 Å². The fraction of sp³-hybridized carbons (Fsp3) is 0. The van der Waals surface area contributed by atoms with Crippen LogP contribution in [0.1, 0.15) is 0 Å². The van der Waals surface area contributed by atoms with Crippen LogP contribution in [-0.4, -0.2) is 13.4 Å². The molecule has 27 heavy (non-hydrogen) atoms. The molecule has 0 atom stereocenters. The number of thiophene rings is 1. The summed E-state index contributed by atoms with van der Waals surface area (Å²) in [6.07, 6.45) is 0. The van der Waals surface area contributed by atoms with Crippen molar-refractivity contribution in [3.8, 4) is 10.8 Å². The molecule has 5 nitrogen and oxygen atoms in total. The van der Waals surface area contributed by atoms with Crippen molar-refractivity contribution in [2.75, 3.05) is 5.32 Å². The highest BCUT2D eigenvalue weighted by molar-refractivity contribution is 7.91. The lowest BCUT2D eigenvalue weighted by atomic mass is 10.3. The second-order valence-corrected chi connectivity index (χ2v) is 8.39. The largest absolute Gasteiger partial charge is 0.418 e. The minimum absolute atomic E-state index is 0.00826.